The third-order valence-electron chi connectivity index (χ3n) is 2.97. The Morgan fingerprint density at radius 1 is 1.37 bits per heavy atom. The maximum absolute atomic E-state index is 12.3. The zero-order valence-corrected chi connectivity index (χ0v) is 12.5. The van der Waals surface area contributed by atoms with Gasteiger partial charge in [0.2, 0.25) is 0 Å². The van der Waals surface area contributed by atoms with E-state index >= 15 is 0 Å². The first kappa shape index (κ1) is 13.0. The first-order valence-corrected chi connectivity index (χ1v) is 7.88. The highest BCUT2D eigenvalue weighted by atomic mass is 32.2. The summed E-state index contributed by atoms with van der Waals surface area (Å²) >= 11 is 8.35. The fraction of sp³-hybridized carbons (Fsp3) is 0.143. The van der Waals surface area contributed by atoms with Crippen molar-refractivity contribution in [3.8, 4) is 0 Å². The number of thioether (sulfide) groups is 2. The predicted molar refractivity (Wildman–Crippen MR) is 85.1 cm³/mol. The molecule has 2 aliphatic heterocycles. The molecular weight excluding hydrogens is 294 g/mol. The molecule has 0 N–H and O–H groups in total. The topological polar surface area (TPSA) is 20.3 Å². The Hall–Kier alpha value is -1.04. The molecule has 2 nitrogen and oxygen atoms in total. The Kier molecular flexibility index (Phi) is 3.52. The van der Waals surface area contributed by atoms with Gasteiger partial charge in [-0.2, -0.15) is 0 Å². The Labute approximate surface area is 125 Å². The highest BCUT2D eigenvalue weighted by Crippen LogP contribution is 2.46. The summed E-state index contributed by atoms with van der Waals surface area (Å²) in [6.45, 7) is 4.15. The number of carbonyl (C=O) groups excluding carboxylic acids is 1. The molecule has 0 bridgehead atoms. The Balaban J connectivity index is 1.92. The number of amides is 1. The molecule has 0 radical (unpaired) electrons. The molecule has 96 valence electrons. The van der Waals surface area contributed by atoms with Crippen LogP contribution in [0.15, 0.2) is 51.6 Å². The minimum Gasteiger partial charge on any atom is -0.289 e. The van der Waals surface area contributed by atoms with Crippen LogP contribution in [-0.4, -0.2) is 21.7 Å². The van der Waals surface area contributed by atoms with Crippen molar-refractivity contribution in [2.45, 2.75) is 11.3 Å². The lowest BCUT2D eigenvalue weighted by Gasteiger charge is -2.10. The number of hydrogen-bond donors (Lipinski definition) is 0. The molecule has 5 heteroatoms. The number of fused-ring (bicyclic) bond motifs is 1. The van der Waals surface area contributed by atoms with Crippen LogP contribution in [0.2, 0.25) is 0 Å². The third kappa shape index (κ3) is 2.26. The van der Waals surface area contributed by atoms with Crippen molar-refractivity contribution in [2.75, 3.05) is 6.54 Å². The summed E-state index contributed by atoms with van der Waals surface area (Å²) in [6.07, 6.45) is 2.54. The average molecular weight is 305 g/mol. The second-order valence-electron chi connectivity index (χ2n) is 4.21. The number of benzene rings is 1. The zero-order chi connectivity index (χ0) is 13.4. The van der Waals surface area contributed by atoms with Crippen molar-refractivity contribution in [2.24, 2.45) is 0 Å². The monoisotopic (exact) mass is 305 g/mol. The van der Waals surface area contributed by atoms with Gasteiger partial charge < -0.3 is 0 Å². The summed E-state index contributed by atoms with van der Waals surface area (Å²) in [6, 6.07) is 8.26. The molecule has 0 unspecified atom stereocenters. The lowest BCUT2D eigenvalue weighted by atomic mass is 10.1. The molecule has 3 rings (SSSR count). The highest BCUT2D eigenvalue weighted by molar-refractivity contribution is 8.27. The van der Waals surface area contributed by atoms with Gasteiger partial charge in [-0.05, 0) is 11.6 Å². The first-order chi connectivity index (χ1) is 9.20. The quantitative estimate of drug-likeness (QED) is 0.472. The molecule has 0 saturated carbocycles. The van der Waals surface area contributed by atoms with Crippen LogP contribution >= 0.6 is 35.7 Å². The van der Waals surface area contributed by atoms with E-state index in [0.717, 1.165) is 16.2 Å². The summed E-state index contributed by atoms with van der Waals surface area (Å²) in [4.78, 5) is 17.1. The molecule has 1 fully saturated rings. The predicted octanol–water partition coefficient (Wildman–Crippen LogP) is 3.59. The number of rotatable bonds is 2. The second-order valence-corrected chi connectivity index (χ2v) is 6.99. The van der Waals surface area contributed by atoms with Crippen molar-refractivity contribution in [1.82, 2.24) is 4.90 Å². The van der Waals surface area contributed by atoms with E-state index in [1.807, 2.05) is 12.1 Å². The van der Waals surface area contributed by atoms with Gasteiger partial charge >= 0.3 is 0 Å². The third-order valence-corrected chi connectivity index (χ3v) is 5.80. The van der Waals surface area contributed by atoms with Crippen LogP contribution in [0.5, 0.6) is 0 Å². The fourth-order valence-corrected chi connectivity index (χ4v) is 4.65. The van der Waals surface area contributed by atoms with Gasteiger partial charge in [-0.3, -0.25) is 9.69 Å². The van der Waals surface area contributed by atoms with Crippen LogP contribution in [-0.2, 0) is 11.2 Å². The SMILES string of the molecule is C=CCN1C(=O)C(=C2Cc3ccccc3S2)SC1=S. The maximum Gasteiger partial charge on any atom is 0.267 e. The summed E-state index contributed by atoms with van der Waals surface area (Å²) < 4.78 is 0.629. The summed E-state index contributed by atoms with van der Waals surface area (Å²) in [5.74, 6) is 0.0187. The molecule has 2 aliphatic rings. The minimum atomic E-state index is 0.0187. The first-order valence-electron chi connectivity index (χ1n) is 5.84. The maximum atomic E-state index is 12.3. The van der Waals surface area contributed by atoms with Crippen molar-refractivity contribution in [3.63, 3.8) is 0 Å². The molecule has 1 amide bonds. The van der Waals surface area contributed by atoms with E-state index in [9.17, 15) is 4.79 Å². The van der Waals surface area contributed by atoms with Gasteiger partial charge in [0.05, 0.1) is 4.91 Å². The van der Waals surface area contributed by atoms with Gasteiger partial charge in [0, 0.05) is 22.8 Å². The standard InChI is InChI=1S/C14H11NOS3/c1-2-7-15-13(16)12(19-14(15)17)11-8-9-5-3-4-6-10(9)18-11/h2-6H,1,7-8H2. The molecule has 0 aromatic heterocycles. The fourth-order valence-electron chi connectivity index (χ4n) is 2.07. The molecule has 2 heterocycles. The largest absolute Gasteiger partial charge is 0.289 e. The van der Waals surface area contributed by atoms with E-state index in [0.29, 0.717) is 10.9 Å². The van der Waals surface area contributed by atoms with Gasteiger partial charge in [-0.25, -0.2) is 0 Å². The summed E-state index contributed by atoms with van der Waals surface area (Å²) in [7, 11) is 0. The van der Waals surface area contributed by atoms with Crippen molar-refractivity contribution < 1.29 is 4.79 Å². The molecule has 1 aromatic carbocycles. The van der Waals surface area contributed by atoms with Gasteiger partial charge in [-0.1, -0.05) is 60.0 Å². The van der Waals surface area contributed by atoms with E-state index in [2.05, 4.69) is 18.7 Å². The van der Waals surface area contributed by atoms with E-state index in [4.69, 9.17) is 12.2 Å². The Morgan fingerprint density at radius 2 is 2.16 bits per heavy atom. The summed E-state index contributed by atoms with van der Waals surface area (Å²) in [5.41, 5.74) is 1.29. The normalized spacial score (nSPS) is 22.0. The van der Waals surface area contributed by atoms with Crippen molar-refractivity contribution >= 4 is 46.0 Å². The van der Waals surface area contributed by atoms with Crippen LogP contribution in [0.25, 0.3) is 0 Å². The number of thiocarbonyl (C=S) groups is 1. The van der Waals surface area contributed by atoms with Crippen LogP contribution in [0.3, 0.4) is 0 Å². The smallest absolute Gasteiger partial charge is 0.267 e. The van der Waals surface area contributed by atoms with Crippen LogP contribution < -0.4 is 0 Å². The van der Waals surface area contributed by atoms with Gasteiger partial charge in [0.15, 0.2) is 0 Å². The van der Waals surface area contributed by atoms with Crippen LogP contribution in [0.1, 0.15) is 5.56 Å². The van der Waals surface area contributed by atoms with Crippen LogP contribution in [0.4, 0.5) is 0 Å². The molecule has 0 aliphatic carbocycles. The number of allylic oxidation sites excluding steroid dienone is 1. The molecule has 1 saturated heterocycles. The van der Waals surface area contributed by atoms with E-state index < -0.39 is 0 Å². The molecule has 0 atom stereocenters. The lowest BCUT2D eigenvalue weighted by Crippen LogP contribution is -2.28. The average Bonchev–Trinajstić information content (AvgIpc) is 2.94. The number of nitrogens with zero attached hydrogens (tertiary/aromatic N) is 1. The van der Waals surface area contributed by atoms with Gasteiger partial charge in [-0.15, -0.1) is 6.58 Å². The zero-order valence-electron chi connectivity index (χ0n) is 10.1. The van der Waals surface area contributed by atoms with Gasteiger partial charge in [0.1, 0.15) is 4.32 Å². The molecule has 0 spiro atoms. The highest BCUT2D eigenvalue weighted by Gasteiger charge is 2.35. The van der Waals surface area contributed by atoms with E-state index in [-0.39, 0.29) is 5.91 Å². The van der Waals surface area contributed by atoms with Gasteiger partial charge in [0.25, 0.3) is 5.91 Å². The number of hydrogen-bond acceptors (Lipinski definition) is 4. The van der Waals surface area contributed by atoms with Crippen molar-refractivity contribution in [3.05, 3.63) is 52.3 Å². The Bertz CT molecular complexity index is 594. The Morgan fingerprint density at radius 3 is 2.89 bits per heavy atom. The summed E-state index contributed by atoms with van der Waals surface area (Å²) in [5, 5.41) is 0. The van der Waals surface area contributed by atoms with E-state index in [1.54, 1.807) is 22.7 Å². The minimum absolute atomic E-state index is 0.0187. The van der Waals surface area contributed by atoms with Crippen molar-refractivity contribution in [1.29, 1.82) is 0 Å². The van der Waals surface area contributed by atoms with Crippen LogP contribution in [0, 0.1) is 0 Å². The number of carbonyl (C=O) groups is 1. The second kappa shape index (κ2) is 5.15. The van der Waals surface area contributed by atoms with E-state index in [1.165, 1.54) is 22.2 Å². The molecule has 19 heavy (non-hydrogen) atoms. The lowest BCUT2D eigenvalue weighted by molar-refractivity contribution is -0.121. The molecular formula is C14H11NOS3. The molecule has 1 aromatic rings.